The molecule has 0 fully saturated rings. The predicted octanol–water partition coefficient (Wildman–Crippen LogP) is 3.13. The normalized spacial score (nSPS) is 14.3. The zero-order valence-electron chi connectivity index (χ0n) is 14.1. The molecule has 6 nitrogen and oxygen atoms in total. The van der Waals surface area contributed by atoms with E-state index >= 15 is 0 Å². The molecule has 4 rings (SSSR count). The highest BCUT2D eigenvalue weighted by atomic mass is 19.1. The van der Waals surface area contributed by atoms with Gasteiger partial charge in [-0.3, -0.25) is 0 Å². The Morgan fingerprint density at radius 3 is 2.81 bits per heavy atom. The van der Waals surface area contributed by atoms with E-state index in [0.29, 0.717) is 24.6 Å². The van der Waals surface area contributed by atoms with Crippen molar-refractivity contribution >= 4 is 17.2 Å². The Balaban J connectivity index is 1.92. The monoisotopic (exact) mass is 353 g/mol. The van der Waals surface area contributed by atoms with Crippen molar-refractivity contribution in [3.8, 4) is 11.3 Å². The lowest BCUT2D eigenvalue weighted by Crippen LogP contribution is -2.06. The van der Waals surface area contributed by atoms with Crippen LogP contribution in [0.2, 0.25) is 0 Å². The third kappa shape index (κ3) is 2.97. The molecule has 0 aliphatic carbocycles. The maximum Gasteiger partial charge on any atom is 0.358 e. The predicted molar refractivity (Wildman–Crippen MR) is 93.1 cm³/mol. The molecule has 1 aromatic carbocycles. The standard InChI is InChI=1S/C19H16FN3O3/c1-25-19(24)17-11-23-18(21-17)15(12-6-8-26-9-7-12)10-16(22-23)13-2-4-14(20)5-3-13/h2-6,10-11H,7-9H2,1H3. The van der Waals surface area contributed by atoms with Crippen molar-refractivity contribution in [2.75, 3.05) is 20.3 Å². The molecule has 0 unspecified atom stereocenters. The first-order valence-electron chi connectivity index (χ1n) is 8.17. The number of hydrogen-bond acceptors (Lipinski definition) is 5. The van der Waals surface area contributed by atoms with Crippen LogP contribution in [0.1, 0.15) is 22.5 Å². The molecule has 0 bridgehead atoms. The van der Waals surface area contributed by atoms with Gasteiger partial charge < -0.3 is 9.47 Å². The van der Waals surface area contributed by atoms with Gasteiger partial charge in [-0.2, -0.15) is 5.10 Å². The van der Waals surface area contributed by atoms with Crippen molar-refractivity contribution in [2.45, 2.75) is 6.42 Å². The van der Waals surface area contributed by atoms with Gasteiger partial charge in [0, 0.05) is 11.1 Å². The molecule has 3 aromatic rings. The number of hydrogen-bond donors (Lipinski definition) is 0. The topological polar surface area (TPSA) is 65.7 Å². The molecule has 0 saturated heterocycles. The second kappa shape index (κ2) is 6.68. The van der Waals surface area contributed by atoms with Crippen molar-refractivity contribution in [1.29, 1.82) is 0 Å². The Bertz CT molecular complexity index is 1010. The number of benzene rings is 1. The Morgan fingerprint density at radius 2 is 2.12 bits per heavy atom. The Labute approximate surface area is 148 Å². The van der Waals surface area contributed by atoms with E-state index in [1.54, 1.807) is 16.6 Å². The lowest BCUT2D eigenvalue weighted by molar-refractivity contribution is 0.0594. The number of esters is 1. The fourth-order valence-electron chi connectivity index (χ4n) is 2.95. The highest BCUT2D eigenvalue weighted by Crippen LogP contribution is 2.29. The number of aromatic nitrogens is 3. The summed E-state index contributed by atoms with van der Waals surface area (Å²) >= 11 is 0. The average molecular weight is 353 g/mol. The van der Waals surface area contributed by atoms with E-state index in [4.69, 9.17) is 9.47 Å². The van der Waals surface area contributed by atoms with Crippen LogP contribution >= 0.6 is 0 Å². The van der Waals surface area contributed by atoms with Crippen LogP contribution in [0.5, 0.6) is 0 Å². The minimum Gasteiger partial charge on any atom is -0.464 e. The Kier molecular flexibility index (Phi) is 4.22. The van der Waals surface area contributed by atoms with Crippen LogP contribution in [0, 0.1) is 5.82 Å². The molecule has 132 valence electrons. The van der Waals surface area contributed by atoms with Crippen LogP contribution in [-0.2, 0) is 9.47 Å². The van der Waals surface area contributed by atoms with Crippen molar-refractivity contribution in [2.24, 2.45) is 0 Å². The summed E-state index contributed by atoms with van der Waals surface area (Å²) < 4.78 is 25.0. The van der Waals surface area contributed by atoms with Crippen molar-refractivity contribution in [3.05, 3.63) is 59.7 Å². The van der Waals surface area contributed by atoms with E-state index < -0.39 is 5.97 Å². The first-order valence-corrected chi connectivity index (χ1v) is 8.17. The third-order valence-corrected chi connectivity index (χ3v) is 4.27. The zero-order valence-corrected chi connectivity index (χ0v) is 14.1. The maximum absolute atomic E-state index is 13.2. The molecule has 7 heteroatoms. The highest BCUT2D eigenvalue weighted by Gasteiger charge is 2.19. The van der Waals surface area contributed by atoms with Gasteiger partial charge in [-0.05, 0) is 42.3 Å². The van der Waals surface area contributed by atoms with E-state index in [1.165, 1.54) is 25.4 Å². The summed E-state index contributed by atoms with van der Waals surface area (Å²) in [6.07, 6.45) is 4.28. The number of fused-ring (bicyclic) bond motifs is 1. The lowest BCUT2D eigenvalue weighted by Gasteiger charge is -2.15. The molecule has 1 aliphatic heterocycles. The Hall–Kier alpha value is -3.06. The fourth-order valence-corrected chi connectivity index (χ4v) is 2.95. The minimum absolute atomic E-state index is 0.185. The molecule has 3 heterocycles. The molecule has 0 atom stereocenters. The van der Waals surface area contributed by atoms with Crippen LogP contribution in [-0.4, -0.2) is 40.9 Å². The maximum atomic E-state index is 13.2. The van der Waals surface area contributed by atoms with E-state index in [2.05, 4.69) is 10.1 Å². The summed E-state index contributed by atoms with van der Waals surface area (Å²) in [6.45, 7) is 1.15. The van der Waals surface area contributed by atoms with Crippen LogP contribution in [0.3, 0.4) is 0 Å². The minimum atomic E-state index is -0.522. The smallest absolute Gasteiger partial charge is 0.358 e. The molecule has 2 aromatic heterocycles. The number of nitrogens with zero attached hydrogens (tertiary/aromatic N) is 3. The summed E-state index contributed by atoms with van der Waals surface area (Å²) in [5, 5.41) is 4.53. The SMILES string of the molecule is COC(=O)c1cn2nc(-c3ccc(F)cc3)cc(C3=CCOCC3)c2n1. The Morgan fingerprint density at radius 1 is 1.31 bits per heavy atom. The first kappa shape index (κ1) is 16.4. The molecule has 1 aliphatic rings. The second-order valence-corrected chi connectivity index (χ2v) is 5.89. The zero-order chi connectivity index (χ0) is 18.1. The third-order valence-electron chi connectivity index (χ3n) is 4.27. The van der Waals surface area contributed by atoms with E-state index in [9.17, 15) is 9.18 Å². The van der Waals surface area contributed by atoms with Gasteiger partial charge in [0.2, 0.25) is 0 Å². The number of halogens is 1. The van der Waals surface area contributed by atoms with Crippen LogP contribution < -0.4 is 0 Å². The van der Waals surface area contributed by atoms with Crippen LogP contribution in [0.25, 0.3) is 22.5 Å². The van der Waals surface area contributed by atoms with E-state index in [0.717, 1.165) is 23.1 Å². The van der Waals surface area contributed by atoms with Crippen molar-refractivity contribution in [3.63, 3.8) is 0 Å². The molecule has 0 radical (unpaired) electrons. The number of imidazole rings is 1. The summed E-state index contributed by atoms with van der Waals surface area (Å²) in [7, 11) is 1.31. The first-order chi connectivity index (χ1) is 12.7. The number of rotatable bonds is 3. The van der Waals surface area contributed by atoms with Crippen molar-refractivity contribution in [1.82, 2.24) is 14.6 Å². The molecular weight excluding hydrogens is 337 g/mol. The molecule has 0 N–H and O–H groups in total. The average Bonchev–Trinajstić information content (AvgIpc) is 3.12. The van der Waals surface area contributed by atoms with Gasteiger partial charge in [0.1, 0.15) is 5.82 Å². The molecular formula is C19H16FN3O3. The van der Waals surface area contributed by atoms with Gasteiger partial charge in [0.15, 0.2) is 11.3 Å². The van der Waals surface area contributed by atoms with Crippen LogP contribution in [0.4, 0.5) is 4.39 Å². The van der Waals surface area contributed by atoms with Gasteiger partial charge in [0.25, 0.3) is 0 Å². The van der Waals surface area contributed by atoms with E-state index in [1.807, 2.05) is 12.1 Å². The van der Waals surface area contributed by atoms with Gasteiger partial charge in [-0.1, -0.05) is 6.08 Å². The molecule has 0 spiro atoms. The highest BCUT2D eigenvalue weighted by molar-refractivity contribution is 5.89. The lowest BCUT2D eigenvalue weighted by atomic mass is 10.0. The quantitative estimate of drug-likeness (QED) is 0.677. The number of ether oxygens (including phenoxy) is 2. The second-order valence-electron chi connectivity index (χ2n) is 5.89. The van der Waals surface area contributed by atoms with Gasteiger partial charge in [-0.15, -0.1) is 0 Å². The molecule has 0 amide bonds. The van der Waals surface area contributed by atoms with Gasteiger partial charge in [-0.25, -0.2) is 18.7 Å². The summed E-state index contributed by atoms with van der Waals surface area (Å²) in [5.74, 6) is -0.830. The fraction of sp³-hybridized carbons (Fsp3) is 0.211. The number of methoxy groups -OCH3 is 1. The largest absolute Gasteiger partial charge is 0.464 e. The summed E-state index contributed by atoms with van der Waals surface area (Å²) in [4.78, 5) is 16.3. The van der Waals surface area contributed by atoms with Crippen molar-refractivity contribution < 1.29 is 18.7 Å². The van der Waals surface area contributed by atoms with Gasteiger partial charge >= 0.3 is 5.97 Å². The van der Waals surface area contributed by atoms with Crippen LogP contribution in [0.15, 0.2) is 42.6 Å². The van der Waals surface area contributed by atoms with E-state index in [-0.39, 0.29) is 11.5 Å². The number of carbonyl (C=O) groups excluding carboxylic acids is 1. The van der Waals surface area contributed by atoms with Gasteiger partial charge in [0.05, 0.1) is 32.2 Å². The molecule has 26 heavy (non-hydrogen) atoms. The number of carbonyl (C=O) groups is 1. The summed E-state index contributed by atoms with van der Waals surface area (Å²) in [6, 6.07) is 8.03. The molecule has 0 saturated carbocycles. The summed E-state index contributed by atoms with van der Waals surface area (Å²) in [5.41, 5.74) is 4.14.